The van der Waals surface area contributed by atoms with Crippen LogP contribution in [0.1, 0.15) is 29.0 Å². The molecule has 8 heteroatoms. The number of carboxylic acid groups (broad SMARTS) is 1. The van der Waals surface area contributed by atoms with Gasteiger partial charge in [-0.05, 0) is 55.9 Å². The summed E-state index contributed by atoms with van der Waals surface area (Å²) in [5.41, 5.74) is 6.85. The zero-order chi connectivity index (χ0) is 25.9. The topological polar surface area (TPSA) is 105 Å². The summed E-state index contributed by atoms with van der Waals surface area (Å²) in [5.74, 6) is 1.16. The van der Waals surface area contributed by atoms with Crippen LogP contribution in [0.15, 0.2) is 72.8 Å². The van der Waals surface area contributed by atoms with E-state index in [1.165, 1.54) is 0 Å². The van der Waals surface area contributed by atoms with E-state index in [0.717, 1.165) is 17.7 Å². The summed E-state index contributed by atoms with van der Waals surface area (Å²) in [5, 5.41) is 19.9. The molecule has 0 radical (unpaired) electrons. The van der Waals surface area contributed by atoms with E-state index in [2.05, 4.69) is 17.0 Å². The summed E-state index contributed by atoms with van der Waals surface area (Å²) in [7, 11) is 4.01. The highest BCUT2D eigenvalue weighted by Gasteiger charge is 2.71. The molecule has 0 aromatic heterocycles. The molecular weight excluding hydrogens is 480 g/mol. The molecule has 4 atom stereocenters. The second-order valence-corrected chi connectivity index (χ2v) is 9.77. The van der Waals surface area contributed by atoms with Crippen molar-refractivity contribution in [3.63, 3.8) is 0 Å². The number of aliphatic hydroxyl groups is 1. The molecule has 1 aliphatic heterocycles. The second-order valence-electron chi connectivity index (χ2n) is 9.33. The predicted octanol–water partition coefficient (Wildman–Crippen LogP) is 3.97. The molecule has 1 aliphatic carbocycles. The van der Waals surface area contributed by atoms with E-state index in [1.807, 2.05) is 74.8 Å². The lowest BCUT2D eigenvalue weighted by atomic mass is 9.71. The van der Waals surface area contributed by atoms with Gasteiger partial charge in [0.25, 0.3) is 6.47 Å². The third-order valence-corrected chi connectivity index (χ3v) is 7.25. The molecule has 3 aromatic rings. The summed E-state index contributed by atoms with van der Waals surface area (Å²) in [6, 6.07) is 22.8. The number of hydrogen-bond acceptors (Lipinski definition) is 6. The van der Waals surface area contributed by atoms with E-state index >= 15 is 0 Å². The Morgan fingerprint density at radius 1 is 1.14 bits per heavy atom. The molecule has 0 spiro atoms. The van der Waals surface area contributed by atoms with E-state index in [-0.39, 0.29) is 12.4 Å². The highest BCUT2D eigenvalue weighted by Crippen LogP contribution is 2.66. The number of benzene rings is 3. The molecule has 1 saturated carbocycles. The number of likely N-dealkylation sites (N-methyl/N-ethyl adjacent to an activating group) is 1. The highest BCUT2D eigenvalue weighted by molar-refractivity contribution is 6.30. The molecule has 2 aliphatic rings. The third kappa shape index (κ3) is 4.33. The Morgan fingerprint density at radius 3 is 2.44 bits per heavy atom. The molecule has 5 rings (SSSR count). The number of carbonyl (C=O) groups is 1. The first-order chi connectivity index (χ1) is 17.3. The van der Waals surface area contributed by atoms with Crippen molar-refractivity contribution in [3.8, 4) is 11.5 Å². The lowest BCUT2D eigenvalue weighted by Gasteiger charge is -2.41. The Balaban J connectivity index is 0.000000967. The molecule has 1 fully saturated rings. The normalized spacial score (nSPS) is 25.8. The Hall–Kier alpha value is -3.10. The van der Waals surface area contributed by atoms with Crippen molar-refractivity contribution in [1.29, 1.82) is 0 Å². The van der Waals surface area contributed by atoms with Crippen molar-refractivity contribution >= 4 is 18.1 Å². The maximum atomic E-state index is 12.4. The number of halogens is 1. The standard InChI is InChI=1S/C27H29ClN2O3.CH2O2/c1-30(2)14-15-32-21-12-13-22-24(16-21)33-27(19-8-10-20(28)11-9-19)23(17-25(29)26(22,27)31)18-6-4-3-5-7-18;2-1-3/h3-13,16,23,25,31H,14-15,17,29H2,1-2H3;1H,(H,2,3)/t23-,25+,26-,27-;/m0./s1. The number of nitrogens with zero attached hydrogens (tertiary/aromatic N) is 1. The van der Waals surface area contributed by atoms with Gasteiger partial charge >= 0.3 is 0 Å². The number of ether oxygens (including phenoxy) is 2. The third-order valence-electron chi connectivity index (χ3n) is 7.00. The van der Waals surface area contributed by atoms with Gasteiger partial charge in [-0.25, -0.2) is 0 Å². The van der Waals surface area contributed by atoms with Gasteiger partial charge in [-0.15, -0.1) is 0 Å². The lowest BCUT2D eigenvalue weighted by molar-refractivity contribution is -0.122. The monoisotopic (exact) mass is 510 g/mol. The van der Waals surface area contributed by atoms with Crippen LogP contribution in [0.2, 0.25) is 5.02 Å². The van der Waals surface area contributed by atoms with Gasteiger partial charge in [0.05, 0.1) is 0 Å². The largest absolute Gasteiger partial charge is 0.492 e. The van der Waals surface area contributed by atoms with E-state index in [4.69, 9.17) is 36.7 Å². The Bertz CT molecular complexity index is 1190. The summed E-state index contributed by atoms with van der Waals surface area (Å²) in [6.45, 7) is 1.11. The van der Waals surface area contributed by atoms with Gasteiger partial charge < -0.3 is 30.3 Å². The zero-order valence-corrected chi connectivity index (χ0v) is 21.1. The average Bonchev–Trinajstić information content (AvgIpc) is 3.25. The molecular formula is C28H31ClN2O5. The van der Waals surface area contributed by atoms with Gasteiger partial charge in [-0.2, -0.15) is 0 Å². The van der Waals surface area contributed by atoms with Gasteiger partial charge in [-0.3, -0.25) is 4.79 Å². The Labute approximate surface area is 216 Å². The fraction of sp³-hybridized carbons (Fsp3) is 0.321. The summed E-state index contributed by atoms with van der Waals surface area (Å²) in [6.07, 6.45) is 0.587. The fourth-order valence-electron chi connectivity index (χ4n) is 5.43. The van der Waals surface area contributed by atoms with Gasteiger partial charge in [0.2, 0.25) is 0 Å². The van der Waals surface area contributed by atoms with Gasteiger partial charge in [-0.1, -0.05) is 54.1 Å². The molecule has 0 saturated heterocycles. The van der Waals surface area contributed by atoms with Crippen LogP contribution < -0.4 is 15.2 Å². The molecule has 36 heavy (non-hydrogen) atoms. The fourth-order valence-corrected chi connectivity index (χ4v) is 5.55. The minimum atomic E-state index is -1.40. The quantitative estimate of drug-likeness (QED) is 0.431. The van der Waals surface area contributed by atoms with Crippen LogP contribution in [0, 0.1) is 0 Å². The predicted molar refractivity (Wildman–Crippen MR) is 139 cm³/mol. The first kappa shape index (κ1) is 26.0. The SMILES string of the molecule is CN(C)CCOc1ccc2c(c1)O[C@@]1(c3ccc(Cl)cc3)[C@H](c3ccccc3)C[C@@H](N)[C@@]21O.O=CO. The molecule has 7 nitrogen and oxygen atoms in total. The van der Waals surface area contributed by atoms with Crippen LogP contribution in [0.5, 0.6) is 11.5 Å². The second kappa shape index (κ2) is 10.5. The van der Waals surface area contributed by atoms with Crippen molar-refractivity contribution in [2.45, 2.75) is 29.6 Å². The van der Waals surface area contributed by atoms with Crippen LogP contribution in [-0.4, -0.2) is 54.9 Å². The number of hydrogen-bond donors (Lipinski definition) is 3. The molecule has 190 valence electrons. The molecule has 0 unspecified atom stereocenters. The molecule has 0 bridgehead atoms. The summed E-state index contributed by atoms with van der Waals surface area (Å²) >= 11 is 6.21. The van der Waals surface area contributed by atoms with Gasteiger partial charge in [0.15, 0.2) is 11.2 Å². The maximum Gasteiger partial charge on any atom is 0.290 e. The minimum absolute atomic E-state index is 0.148. The summed E-state index contributed by atoms with van der Waals surface area (Å²) in [4.78, 5) is 10.4. The Morgan fingerprint density at radius 2 is 1.81 bits per heavy atom. The van der Waals surface area contributed by atoms with E-state index in [1.54, 1.807) is 0 Å². The van der Waals surface area contributed by atoms with Crippen molar-refractivity contribution < 1.29 is 24.5 Å². The minimum Gasteiger partial charge on any atom is -0.492 e. The van der Waals surface area contributed by atoms with Crippen LogP contribution in [0.25, 0.3) is 0 Å². The van der Waals surface area contributed by atoms with Gasteiger partial charge in [0.1, 0.15) is 18.1 Å². The number of nitrogens with two attached hydrogens (primary N) is 1. The van der Waals surface area contributed by atoms with E-state index in [0.29, 0.717) is 35.1 Å². The molecule has 4 N–H and O–H groups in total. The van der Waals surface area contributed by atoms with Crippen molar-refractivity contribution in [3.05, 3.63) is 94.5 Å². The summed E-state index contributed by atoms with van der Waals surface area (Å²) < 4.78 is 12.7. The highest BCUT2D eigenvalue weighted by atomic mass is 35.5. The van der Waals surface area contributed by atoms with Crippen molar-refractivity contribution in [2.75, 3.05) is 27.2 Å². The molecule has 3 aromatic carbocycles. The number of fused-ring (bicyclic) bond motifs is 3. The van der Waals surface area contributed by atoms with Crippen LogP contribution in [-0.2, 0) is 16.0 Å². The maximum absolute atomic E-state index is 12.4. The van der Waals surface area contributed by atoms with Crippen LogP contribution >= 0.6 is 11.6 Å². The van der Waals surface area contributed by atoms with Crippen LogP contribution in [0.3, 0.4) is 0 Å². The van der Waals surface area contributed by atoms with E-state index in [9.17, 15) is 5.11 Å². The average molecular weight is 511 g/mol. The molecule has 1 heterocycles. The first-order valence-electron chi connectivity index (χ1n) is 11.8. The van der Waals surface area contributed by atoms with Crippen molar-refractivity contribution in [1.82, 2.24) is 4.90 Å². The zero-order valence-electron chi connectivity index (χ0n) is 20.3. The smallest absolute Gasteiger partial charge is 0.290 e. The van der Waals surface area contributed by atoms with Crippen molar-refractivity contribution in [2.24, 2.45) is 5.73 Å². The Kier molecular flexibility index (Phi) is 7.57. The lowest BCUT2D eigenvalue weighted by Crippen LogP contribution is -2.54. The van der Waals surface area contributed by atoms with E-state index < -0.39 is 17.2 Å². The van der Waals surface area contributed by atoms with Crippen LogP contribution in [0.4, 0.5) is 0 Å². The molecule has 0 amide bonds. The number of rotatable bonds is 6. The first-order valence-corrected chi connectivity index (χ1v) is 12.1. The van der Waals surface area contributed by atoms with Gasteiger partial charge in [0, 0.05) is 35.2 Å².